The van der Waals surface area contributed by atoms with Crippen molar-refractivity contribution in [2.75, 3.05) is 0 Å². The number of hydrogen-bond acceptors (Lipinski definition) is 2. The van der Waals surface area contributed by atoms with Crippen molar-refractivity contribution in [3.05, 3.63) is 0 Å². The highest BCUT2D eigenvalue weighted by Gasteiger charge is 1.98. The molecule has 0 spiro atoms. The van der Waals surface area contributed by atoms with Gasteiger partial charge in [-0.15, -0.1) is 0 Å². The molecular formula is C10H22O2. The van der Waals surface area contributed by atoms with E-state index in [9.17, 15) is 4.79 Å². The quantitative estimate of drug-likeness (QED) is 0.614. The van der Waals surface area contributed by atoms with E-state index in [0.717, 1.165) is 0 Å². The lowest BCUT2D eigenvalue weighted by atomic mass is 10.4. The van der Waals surface area contributed by atoms with E-state index < -0.39 is 0 Å². The maximum absolute atomic E-state index is 10.4. The fourth-order valence-electron chi connectivity index (χ4n) is 0.346. The Bertz CT molecular complexity index is 96.0. The molecule has 2 heteroatoms. The van der Waals surface area contributed by atoms with Crippen LogP contribution in [0, 0.1) is 0 Å². The second-order valence-electron chi connectivity index (χ2n) is 2.89. The predicted molar refractivity (Wildman–Crippen MR) is 52.1 cm³/mol. The van der Waals surface area contributed by atoms with E-state index in [1.54, 1.807) is 6.92 Å². The Morgan fingerprint density at radius 3 is 1.67 bits per heavy atom. The Hall–Kier alpha value is -0.530. The number of esters is 1. The van der Waals surface area contributed by atoms with Crippen molar-refractivity contribution in [2.45, 2.75) is 60.0 Å². The lowest BCUT2D eigenvalue weighted by Gasteiger charge is -2.04. The van der Waals surface area contributed by atoms with Crippen LogP contribution in [-0.2, 0) is 9.53 Å². The van der Waals surface area contributed by atoms with E-state index in [4.69, 9.17) is 4.74 Å². The van der Waals surface area contributed by atoms with Gasteiger partial charge in [-0.25, -0.2) is 0 Å². The lowest BCUT2D eigenvalue weighted by Crippen LogP contribution is -2.09. The molecule has 0 saturated carbocycles. The molecule has 0 atom stereocenters. The van der Waals surface area contributed by atoms with Crippen molar-refractivity contribution in [1.29, 1.82) is 0 Å². The number of carbonyl (C=O) groups excluding carboxylic acids is 1. The summed E-state index contributed by atoms with van der Waals surface area (Å²) in [6.45, 7) is 9.83. The first-order chi connectivity index (χ1) is 5.58. The van der Waals surface area contributed by atoms with Gasteiger partial charge in [0.15, 0.2) is 0 Å². The van der Waals surface area contributed by atoms with Crippen molar-refractivity contribution >= 4 is 5.97 Å². The summed E-state index contributed by atoms with van der Waals surface area (Å²) in [4.78, 5) is 10.4. The molecule has 0 aromatic rings. The van der Waals surface area contributed by atoms with Crippen LogP contribution in [0.1, 0.15) is 53.9 Å². The van der Waals surface area contributed by atoms with Crippen LogP contribution in [0.2, 0.25) is 0 Å². The van der Waals surface area contributed by atoms with Gasteiger partial charge in [0.05, 0.1) is 6.10 Å². The number of ether oxygens (including phenoxy) is 1. The molecule has 0 bridgehead atoms. The van der Waals surface area contributed by atoms with E-state index in [0.29, 0.717) is 6.42 Å². The third-order valence-electron chi connectivity index (χ3n) is 1.16. The molecule has 0 rings (SSSR count). The SMILES string of the molecule is CCC(=O)OC(C)C.CCCC. The summed E-state index contributed by atoms with van der Waals surface area (Å²) in [7, 11) is 0. The van der Waals surface area contributed by atoms with Crippen LogP contribution in [-0.4, -0.2) is 12.1 Å². The summed E-state index contributed by atoms with van der Waals surface area (Å²) in [5.41, 5.74) is 0. The Morgan fingerprint density at radius 2 is 1.58 bits per heavy atom. The van der Waals surface area contributed by atoms with Crippen LogP contribution >= 0.6 is 0 Å². The van der Waals surface area contributed by atoms with E-state index in [2.05, 4.69) is 13.8 Å². The average Bonchev–Trinajstić information content (AvgIpc) is 2.04. The first-order valence-electron chi connectivity index (χ1n) is 4.77. The van der Waals surface area contributed by atoms with Gasteiger partial charge in [-0.3, -0.25) is 4.79 Å². The molecule has 0 heterocycles. The molecule has 0 aromatic heterocycles. The third-order valence-corrected chi connectivity index (χ3v) is 1.16. The molecule has 0 radical (unpaired) electrons. The van der Waals surface area contributed by atoms with Gasteiger partial charge in [0.2, 0.25) is 0 Å². The topological polar surface area (TPSA) is 26.3 Å². The normalized spacial score (nSPS) is 8.83. The van der Waals surface area contributed by atoms with Crippen molar-refractivity contribution < 1.29 is 9.53 Å². The van der Waals surface area contributed by atoms with Crippen LogP contribution in [0.4, 0.5) is 0 Å². The van der Waals surface area contributed by atoms with Crippen molar-refractivity contribution in [3.8, 4) is 0 Å². The number of rotatable bonds is 3. The molecule has 0 fully saturated rings. The van der Waals surface area contributed by atoms with E-state index in [1.807, 2.05) is 13.8 Å². The molecule has 0 unspecified atom stereocenters. The van der Waals surface area contributed by atoms with Gasteiger partial charge in [0.25, 0.3) is 0 Å². The highest BCUT2D eigenvalue weighted by atomic mass is 16.5. The Labute approximate surface area is 76.3 Å². The smallest absolute Gasteiger partial charge is 0.305 e. The summed E-state index contributed by atoms with van der Waals surface area (Å²) in [5, 5.41) is 0. The Morgan fingerprint density at radius 1 is 1.17 bits per heavy atom. The molecule has 0 aliphatic heterocycles. The minimum atomic E-state index is -0.125. The van der Waals surface area contributed by atoms with E-state index >= 15 is 0 Å². The van der Waals surface area contributed by atoms with Gasteiger partial charge in [0.1, 0.15) is 0 Å². The molecule has 0 aromatic carbocycles. The van der Waals surface area contributed by atoms with E-state index in [1.165, 1.54) is 12.8 Å². The molecule has 74 valence electrons. The summed E-state index contributed by atoms with van der Waals surface area (Å²) in [5.74, 6) is -0.125. The molecule has 12 heavy (non-hydrogen) atoms. The fraction of sp³-hybridized carbons (Fsp3) is 0.900. The van der Waals surface area contributed by atoms with Crippen molar-refractivity contribution in [3.63, 3.8) is 0 Å². The fourth-order valence-corrected chi connectivity index (χ4v) is 0.346. The monoisotopic (exact) mass is 174 g/mol. The lowest BCUT2D eigenvalue weighted by molar-refractivity contribution is -0.146. The Kier molecular flexibility index (Phi) is 12.2. The van der Waals surface area contributed by atoms with Crippen LogP contribution < -0.4 is 0 Å². The van der Waals surface area contributed by atoms with Gasteiger partial charge in [-0.1, -0.05) is 33.6 Å². The number of hydrogen-bond donors (Lipinski definition) is 0. The molecule has 0 N–H and O–H groups in total. The maximum atomic E-state index is 10.4. The standard InChI is InChI=1S/C6H12O2.C4H10/c1-4-6(7)8-5(2)3;1-3-4-2/h5H,4H2,1-3H3;3-4H2,1-2H3. The van der Waals surface area contributed by atoms with Crippen LogP contribution in [0.3, 0.4) is 0 Å². The molecule has 2 nitrogen and oxygen atoms in total. The summed E-state index contributed by atoms with van der Waals surface area (Å²) >= 11 is 0. The first-order valence-corrected chi connectivity index (χ1v) is 4.77. The average molecular weight is 174 g/mol. The van der Waals surface area contributed by atoms with Crippen molar-refractivity contribution in [2.24, 2.45) is 0 Å². The van der Waals surface area contributed by atoms with Crippen LogP contribution in [0.5, 0.6) is 0 Å². The Balaban J connectivity index is 0. The van der Waals surface area contributed by atoms with Gasteiger partial charge < -0.3 is 4.74 Å². The third kappa shape index (κ3) is 16.2. The second kappa shape index (κ2) is 10.5. The van der Waals surface area contributed by atoms with Crippen LogP contribution in [0.25, 0.3) is 0 Å². The second-order valence-corrected chi connectivity index (χ2v) is 2.89. The summed E-state index contributed by atoms with van der Waals surface area (Å²) in [6, 6.07) is 0. The van der Waals surface area contributed by atoms with Crippen LogP contribution in [0.15, 0.2) is 0 Å². The van der Waals surface area contributed by atoms with Gasteiger partial charge in [0, 0.05) is 6.42 Å². The molecule has 0 saturated heterocycles. The first kappa shape index (κ1) is 14.0. The zero-order chi connectivity index (χ0) is 9.98. The zero-order valence-corrected chi connectivity index (χ0v) is 9.02. The van der Waals surface area contributed by atoms with Gasteiger partial charge in [-0.2, -0.15) is 0 Å². The maximum Gasteiger partial charge on any atom is 0.305 e. The minimum Gasteiger partial charge on any atom is -0.463 e. The summed E-state index contributed by atoms with van der Waals surface area (Å²) in [6.07, 6.45) is 3.14. The zero-order valence-electron chi connectivity index (χ0n) is 9.02. The van der Waals surface area contributed by atoms with E-state index in [-0.39, 0.29) is 12.1 Å². The minimum absolute atomic E-state index is 0.0300. The highest BCUT2D eigenvalue weighted by molar-refractivity contribution is 5.68. The molecule has 0 amide bonds. The molecule has 0 aliphatic rings. The number of unbranched alkanes of at least 4 members (excludes halogenated alkanes) is 1. The van der Waals surface area contributed by atoms with Gasteiger partial charge in [-0.05, 0) is 13.8 Å². The molecule has 0 aliphatic carbocycles. The largest absolute Gasteiger partial charge is 0.463 e. The number of carbonyl (C=O) groups is 1. The summed E-state index contributed by atoms with van der Waals surface area (Å²) < 4.78 is 4.76. The molecular weight excluding hydrogens is 152 g/mol. The predicted octanol–water partition coefficient (Wildman–Crippen LogP) is 3.15. The highest BCUT2D eigenvalue weighted by Crippen LogP contribution is 1.90. The van der Waals surface area contributed by atoms with Gasteiger partial charge >= 0.3 is 5.97 Å². The van der Waals surface area contributed by atoms with Crippen molar-refractivity contribution in [1.82, 2.24) is 0 Å².